The Morgan fingerprint density at radius 2 is 1.88 bits per heavy atom. The van der Waals surface area contributed by atoms with Gasteiger partial charge in [-0.1, -0.05) is 46.3 Å². The van der Waals surface area contributed by atoms with Crippen molar-refractivity contribution in [3.63, 3.8) is 0 Å². The first-order chi connectivity index (χ1) is 8.00. The van der Waals surface area contributed by atoms with Gasteiger partial charge in [0.05, 0.1) is 6.61 Å². The van der Waals surface area contributed by atoms with Crippen LogP contribution in [0.2, 0.25) is 0 Å². The van der Waals surface area contributed by atoms with Crippen LogP contribution in [0.5, 0.6) is 0 Å². The van der Waals surface area contributed by atoms with Crippen molar-refractivity contribution >= 4 is 27.7 Å². The van der Waals surface area contributed by atoms with Gasteiger partial charge in [0.25, 0.3) is 0 Å². The molecule has 0 aliphatic carbocycles. The lowest BCUT2D eigenvalue weighted by Gasteiger charge is -2.22. The fourth-order valence-electron chi connectivity index (χ4n) is 1.46. The molecule has 0 fully saturated rings. The molecular formula is C13H15BrO3. The van der Waals surface area contributed by atoms with E-state index in [4.69, 9.17) is 4.74 Å². The van der Waals surface area contributed by atoms with E-state index >= 15 is 0 Å². The Morgan fingerprint density at radius 1 is 1.29 bits per heavy atom. The number of halogens is 1. The molecule has 0 N–H and O–H groups in total. The average Bonchev–Trinajstić information content (AvgIpc) is 2.30. The van der Waals surface area contributed by atoms with Gasteiger partial charge in [-0.25, -0.2) is 0 Å². The quantitative estimate of drug-likeness (QED) is 0.477. The standard InChI is InChI=1S/C13H15BrO3/c1-3-17-12(16)13(14,10(2)15)9-11-7-5-4-6-8-11/h4-8H,3,9H2,1-2H3/t13-/m1/s1. The minimum atomic E-state index is -1.27. The molecule has 0 heterocycles. The van der Waals surface area contributed by atoms with Gasteiger partial charge in [-0.3, -0.25) is 9.59 Å². The number of hydrogen-bond donors (Lipinski definition) is 0. The fourth-order valence-corrected chi connectivity index (χ4v) is 1.90. The van der Waals surface area contributed by atoms with Crippen molar-refractivity contribution in [3.05, 3.63) is 35.9 Å². The van der Waals surface area contributed by atoms with Gasteiger partial charge >= 0.3 is 5.97 Å². The molecule has 0 saturated heterocycles. The molecule has 0 unspecified atom stereocenters. The Labute approximate surface area is 109 Å². The van der Waals surface area contributed by atoms with Crippen molar-refractivity contribution in [2.75, 3.05) is 6.61 Å². The van der Waals surface area contributed by atoms with Crippen LogP contribution in [0.15, 0.2) is 30.3 Å². The summed E-state index contributed by atoms with van der Waals surface area (Å²) in [5, 5.41) is 0. The van der Waals surface area contributed by atoms with E-state index in [-0.39, 0.29) is 12.4 Å². The normalized spacial score (nSPS) is 13.8. The lowest BCUT2D eigenvalue weighted by atomic mass is 9.96. The highest BCUT2D eigenvalue weighted by molar-refractivity contribution is 9.10. The molecule has 0 amide bonds. The van der Waals surface area contributed by atoms with Crippen LogP contribution in [0.25, 0.3) is 0 Å². The van der Waals surface area contributed by atoms with Gasteiger partial charge in [0.1, 0.15) is 0 Å². The van der Waals surface area contributed by atoms with Gasteiger partial charge in [-0.2, -0.15) is 0 Å². The van der Waals surface area contributed by atoms with Crippen LogP contribution in [0.4, 0.5) is 0 Å². The number of rotatable bonds is 5. The van der Waals surface area contributed by atoms with E-state index in [0.29, 0.717) is 6.42 Å². The molecule has 0 aliphatic heterocycles. The van der Waals surface area contributed by atoms with Crippen molar-refractivity contribution in [1.29, 1.82) is 0 Å². The predicted octanol–water partition coefficient (Wildman–Crippen LogP) is 2.51. The van der Waals surface area contributed by atoms with E-state index in [1.165, 1.54) is 6.92 Å². The number of hydrogen-bond acceptors (Lipinski definition) is 3. The Balaban J connectivity index is 2.93. The van der Waals surface area contributed by atoms with Crippen LogP contribution < -0.4 is 0 Å². The largest absolute Gasteiger partial charge is 0.465 e. The van der Waals surface area contributed by atoms with Crippen LogP contribution in [-0.2, 0) is 20.7 Å². The maximum atomic E-state index is 11.8. The highest BCUT2D eigenvalue weighted by Gasteiger charge is 2.42. The van der Waals surface area contributed by atoms with Crippen LogP contribution in [0, 0.1) is 0 Å². The third-order valence-electron chi connectivity index (χ3n) is 2.45. The first kappa shape index (κ1) is 13.9. The molecule has 4 heteroatoms. The Hall–Kier alpha value is -1.16. The van der Waals surface area contributed by atoms with Crippen molar-refractivity contribution in [2.24, 2.45) is 0 Å². The maximum absolute atomic E-state index is 11.8. The second kappa shape index (κ2) is 5.96. The van der Waals surface area contributed by atoms with Gasteiger partial charge in [0.2, 0.25) is 0 Å². The summed E-state index contributed by atoms with van der Waals surface area (Å²) in [7, 11) is 0. The summed E-state index contributed by atoms with van der Waals surface area (Å²) in [5.74, 6) is -0.781. The zero-order chi connectivity index (χ0) is 12.9. The monoisotopic (exact) mass is 298 g/mol. The zero-order valence-electron chi connectivity index (χ0n) is 9.90. The molecule has 0 radical (unpaired) electrons. The smallest absolute Gasteiger partial charge is 0.330 e. The third kappa shape index (κ3) is 3.40. The van der Waals surface area contributed by atoms with Crippen LogP contribution in [-0.4, -0.2) is 22.7 Å². The Kier molecular flexibility index (Phi) is 4.87. The molecule has 3 nitrogen and oxygen atoms in total. The number of esters is 1. The van der Waals surface area contributed by atoms with Gasteiger partial charge in [-0.05, 0) is 19.4 Å². The van der Waals surface area contributed by atoms with Crippen molar-refractivity contribution in [1.82, 2.24) is 0 Å². The first-order valence-corrected chi connectivity index (χ1v) is 6.21. The number of carbonyl (C=O) groups is 2. The zero-order valence-corrected chi connectivity index (χ0v) is 11.5. The molecule has 1 aromatic carbocycles. The Morgan fingerprint density at radius 3 is 2.35 bits per heavy atom. The highest BCUT2D eigenvalue weighted by Crippen LogP contribution is 2.26. The summed E-state index contributed by atoms with van der Waals surface area (Å²) in [5.41, 5.74) is 0.910. The van der Waals surface area contributed by atoms with Gasteiger partial charge in [0, 0.05) is 6.42 Å². The molecule has 0 spiro atoms. The first-order valence-electron chi connectivity index (χ1n) is 5.41. The summed E-state index contributed by atoms with van der Waals surface area (Å²) in [6.07, 6.45) is 0.294. The molecule has 17 heavy (non-hydrogen) atoms. The summed E-state index contributed by atoms with van der Waals surface area (Å²) in [6.45, 7) is 3.36. The molecule has 0 bridgehead atoms. The molecule has 1 rings (SSSR count). The van der Waals surface area contributed by atoms with E-state index in [1.807, 2.05) is 30.3 Å². The predicted molar refractivity (Wildman–Crippen MR) is 69.1 cm³/mol. The van der Waals surface area contributed by atoms with Gasteiger partial charge in [0.15, 0.2) is 10.1 Å². The SMILES string of the molecule is CCOC(=O)[C@@](Br)(Cc1ccccc1)C(C)=O. The highest BCUT2D eigenvalue weighted by atomic mass is 79.9. The van der Waals surface area contributed by atoms with Crippen LogP contribution in [0.1, 0.15) is 19.4 Å². The number of ketones is 1. The second-order valence-electron chi connectivity index (χ2n) is 3.74. The summed E-state index contributed by atoms with van der Waals surface area (Å²) in [6, 6.07) is 9.37. The lowest BCUT2D eigenvalue weighted by molar-refractivity contribution is -0.148. The van der Waals surface area contributed by atoms with Crippen molar-refractivity contribution < 1.29 is 14.3 Å². The minimum absolute atomic E-state index is 0.250. The summed E-state index contributed by atoms with van der Waals surface area (Å²) < 4.78 is 3.66. The van der Waals surface area contributed by atoms with Gasteiger partial charge < -0.3 is 4.74 Å². The summed E-state index contributed by atoms with van der Waals surface area (Å²) >= 11 is 3.23. The maximum Gasteiger partial charge on any atom is 0.330 e. The molecule has 1 atom stereocenters. The number of alkyl halides is 1. The van der Waals surface area contributed by atoms with E-state index in [2.05, 4.69) is 15.9 Å². The lowest BCUT2D eigenvalue weighted by Crippen LogP contribution is -2.42. The minimum Gasteiger partial charge on any atom is -0.465 e. The van der Waals surface area contributed by atoms with Gasteiger partial charge in [-0.15, -0.1) is 0 Å². The van der Waals surface area contributed by atoms with Crippen LogP contribution in [0.3, 0.4) is 0 Å². The molecule has 1 aromatic rings. The van der Waals surface area contributed by atoms with Crippen LogP contribution >= 0.6 is 15.9 Å². The molecule has 0 aliphatic rings. The average molecular weight is 299 g/mol. The number of carbonyl (C=O) groups excluding carboxylic acids is 2. The molecule has 92 valence electrons. The van der Waals surface area contributed by atoms with E-state index < -0.39 is 10.3 Å². The van der Waals surface area contributed by atoms with E-state index in [1.54, 1.807) is 6.92 Å². The molecule has 0 aromatic heterocycles. The number of Topliss-reactive ketones (excluding diaryl/α,β-unsaturated/α-hetero) is 1. The van der Waals surface area contributed by atoms with E-state index in [9.17, 15) is 9.59 Å². The molecule has 0 saturated carbocycles. The van der Waals surface area contributed by atoms with E-state index in [0.717, 1.165) is 5.56 Å². The fraction of sp³-hybridized carbons (Fsp3) is 0.385. The Bertz CT molecular complexity index is 402. The number of benzene rings is 1. The topological polar surface area (TPSA) is 43.4 Å². The third-order valence-corrected chi connectivity index (χ3v) is 3.61. The molecular weight excluding hydrogens is 284 g/mol. The van der Waals surface area contributed by atoms with Crippen molar-refractivity contribution in [2.45, 2.75) is 24.6 Å². The number of ether oxygens (including phenoxy) is 1. The summed E-state index contributed by atoms with van der Waals surface area (Å²) in [4.78, 5) is 23.5. The van der Waals surface area contributed by atoms with Crippen molar-refractivity contribution in [3.8, 4) is 0 Å². The second-order valence-corrected chi connectivity index (χ2v) is 5.09.